The molecule has 2 aromatic rings. The standard InChI is InChI=1S/C39H49ClN4O8S/c1-38(2)36(45)41-53(47,48)30-9-12-35-33(20-30)44(24-39(25-50-35)13-3-5-26-19-28(40)8-11-32(26)39)21-27-7-10-31(27)34(6-4-18-51-38)52-37(46)43-16-14-42(15-17-43)29-22-49-23-29/h4,6,8-9,11-12,19-20,27,29,31,34H,3,5,7,10,13-18,21-25H2,1-2H3,(H,41,45)/t27-,31+,34-,39-/m0/s1. The highest BCUT2D eigenvalue weighted by Gasteiger charge is 2.46. The maximum absolute atomic E-state index is 13.7. The highest BCUT2D eigenvalue weighted by molar-refractivity contribution is 7.90. The number of nitrogens with one attached hydrogen (secondary N) is 1. The molecular formula is C39H49ClN4O8S. The van der Waals surface area contributed by atoms with E-state index in [2.05, 4.69) is 26.7 Å². The lowest BCUT2D eigenvalue weighted by molar-refractivity contribution is -0.139. The molecule has 1 spiro atoms. The Morgan fingerprint density at radius 1 is 1.06 bits per heavy atom. The van der Waals surface area contributed by atoms with Gasteiger partial charge in [-0.2, -0.15) is 0 Å². The van der Waals surface area contributed by atoms with Crippen LogP contribution in [0.1, 0.15) is 50.7 Å². The monoisotopic (exact) mass is 768 g/mol. The summed E-state index contributed by atoms with van der Waals surface area (Å²) < 4.78 is 53.8. The van der Waals surface area contributed by atoms with Crippen molar-refractivity contribution in [3.63, 3.8) is 0 Å². The Morgan fingerprint density at radius 3 is 2.60 bits per heavy atom. The zero-order valence-electron chi connectivity index (χ0n) is 30.4. The molecule has 0 unspecified atom stereocenters. The highest BCUT2D eigenvalue weighted by Crippen LogP contribution is 2.47. The summed E-state index contributed by atoms with van der Waals surface area (Å²) >= 11 is 6.46. The average molecular weight is 769 g/mol. The fourth-order valence-corrected chi connectivity index (χ4v) is 10.1. The van der Waals surface area contributed by atoms with E-state index in [1.807, 2.05) is 12.1 Å². The van der Waals surface area contributed by atoms with Crippen molar-refractivity contribution in [1.82, 2.24) is 14.5 Å². The van der Waals surface area contributed by atoms with Crippen LogP contribution in [0, 0.1) is 11.8 Å². The van der Waals surface area contributed by atoms with Crippen LogP contribution in [0.2, 0.25) is 5.02 Å². The number of carbonyl (C=O) groups excluding carboxylic acids is 2. The smallest absolute Gasteiger partial charge is 0.410 e. The molecular weight excluding hydrogens is 720 g/mol. The third kappa shape index (κ3) is 7.27. The first kappa shape index (κ1) is 36.6. The predicted octanol–water partition coefficient (Wildman–Crippen LogP) is 4.53. The Balaban J connectivity index is 1.12. The Bertz CT molecular complexity index is 1880. The van der Waals surface area contributed by atoms with Gasteiger partial charge in [-0.25, -0.2) is 17.9 Å². The normalized spacial score (nSPS) is 30.1. The van der Waals surface area contributed by atoms with Crippen molar-refractivity contribution >= 4 is 39.3 Å². The minimum absolute atomic E-state index is 0.0285. The molecule has 12 nitrogen and oxygen atoms in total. The van der Waals surface area contributed by atoms with Crippen LogP contribution >= 0.6 is 11.6 Å². The molecule has 53 heavy (non-hydrogen) atoms. The number of halogens is 1. The third-order valence-corrected chi connectivity index (χ3v) is 13.8. The number of benzene rings is 2. The van der Waals surface area contributed by atoms with Crippen molar-refractivity contribution in [2.24, 2.45) is 11.8 Å². The summed E-state index contributed by atoms with van der Waals surface area (Å²) in [6.45, 7) is 8.97. The number of aryl methyl sites for hydroxylation is 1. The van der Waals surface area contributed by atoms with Crippen LogP contribution in [-0.4, -0.2) is 114 Å². The molecule has 4 aliphatic heterocycles. The first-order valence-corrected chi connectivity index (χ1v) is 20.7. The van der Waals surface area contributed by atoms with E-state index in [1.54, 1.807) is 23.1 Å². The van der Waals surface area contributed by atoms with Crippen LogP contribution in [-0.2, 0) is 40.9 Å². The summed E-state index contributed by atoms with van der Waals surface area (Å²) in [6.07, 6.45) is 7.43. The molecule has 2 amide bonds. The number of sulfonamides is 1. The van der Waals surface area contributed by atoms with Gasteiger partial charge in [-0.3, -0.25) is 9.69 Å². The number of rotatable bonds is 2. The number of carbonyl (C=O) groups is 2. The molecule has 2 bridgehead atoms. The number of anilines is 1. The SMILES string of the molecule is CC1(C)OCC=C[C@H](OC(=O)N2CCN(C3COC3)CC2)[C@@H]2CC[C@H]2CN2C[C@@]3(CCCc4cc(Cl)ccc43)COc3ccc(cc32)S(=O)(=O)NC1=O. The number of hydrogen-bond donors (Lipinski definition) is 1. The van der Waals surface area contributed by atoms with Crippen molar-refractivity contribution < 1.29 is 37.0 Å². The van der Waals surface area contributed by atoms with Gasteiger partial charge in [-0.15, -0.1) is 0 Å². The Labute approximate surface area is 316 Å². The first-order chi connectivity index (χ1) is 25.4. The van der Waals surface area contributed by atoms with Crippen molar-refractivity contribution in [3.05, 3.63) is 64.7 Å². The summed E-state index contributed by atoms with van der Waals surface area (Å²) in [5.41, 5.74) is 1.26. The van der Waals surface area contributed by atoms with Crippen molar-refractivity contribution in [3.8, 4) is 5.75 Å². The minimum Gasteiger partial charge on any atom is -0.490 e. The molecule has 2 saturated heterocycles. The lowest BCUT2D eigenvalue weighted by atomic mass is 9.68. The van der Waals surface area contributed by atoms with Gasteiger partial charge in [0.15, 0.2) is 0 Å². The fourth-order valence-electron chi connectivity index (χ4n) is 8.78. The fraction of sp³-hybridized carbons (Fsp3) is 0.590. The van der Waals surface area contributed by atoms with E-state index in [0.29, 0.717) is 55.3 Å². The summed E-state index contributed by atoms with van der Waals surface area (Å²) in [6, 6.07) is 11.3. The van der Waals surface area contributed by atoms with Crippen molar-refractivity contribution in [1.29, 1.82) is 0 Å². The molecule has 0 radical (unpaired) electrons. The summed E-state index contributed by atoms with van der Waals surface area (Å²) in [4.78, 5) is 33.5. The summed E-state index contributed by atoms with van der Waals surface area (Å²) in [7, 11) is -4.25. The van der Waals surface area contributed by atoms with Crippen molar-refractivity contribution in [2.45, 2.75) is 74.0 Å². The second-order valence-corrected chi connectivity index (χ2v) is 18.1. The molecule has 2 aromatic carbocycles. The number of amides is 2. The van der Waals surface area contributed by atoms with Crippen LogP contribution in [0.15, 0.2) is 53.4 Å². The molecule has 14 heteroatoms. The maximum atomic E-state index is 13.7. The third-order valence-electron chi connectivity index (χ3n) is 12.3. The summed E-state index contributed by atoms with van der Waals surface area (Å²) in [5.74, 6) is -0.0216. The quantitative estimate of drug-likeness (QED) is 0.436. The van der Waals surface area contributed by atoms with E-state index >= 15 is 0 Å². The number of nitrogens with zero attached hydrogens (tertiary/aromatic N) is 3. The van der Waals surface area contributed by atoms with E-state index in [-0.39, 0.29) is 34.8 Å². The summed E-state index contributed by atoms with van der Waals surface area (Å²) in [5, 5.41) is 0.704. The van der Waals surface area contributed by atoms with Gasteiger partial charge in [-0.1, -0.05) is 23.7 Å². The largest absolute Gasteiger partial charge is 0.490 e. The van der Waals surface area contributed by atoms with Crippen LogP contribution in [0.25, 0.3) is 0 Å². The highest BCUT2D eigenvalue weighted by atomic mass is 35.5. The van der Waals surface area contributed by atoms with E-state index < -0.39 is 27.6 Å². The van der Waals surface area contributed by atoms with Gasteiger partial charge < -0.3 is 28.7 Å². The molecule has 286 valence electrons. The van der Waals surface area contributed by atoms with Crippen LogP contribution in [0.4, 0.5) is 10.5 Å². The van der Waals surface area contributed by atoms with E-state index in [9.17, 15) is 18.0 Å². The van der Waals surface area contributed by atoms with Gasteiger partial charge in [-0.05, 0) is 99.4 Å². The van der Waals surface area contributed by atoms with Gasteiger partial charge in [0.2, 0.25) is 0 Å². The second-order valence-electron chi connectivity index (χ2n) is 16.0. The Morgan fingerprint density at radius 2 is 1.87 bits per heavy atom. The Kier molecular flexibility index (Phi) is 9.93. The van der Waals surface area contributed by atoms with Gasteiger partial charge in [0.25, 0.3) is 15.9 Å². The van der Waals surface area contributed by atoms with Gasteiger partial charge in [0.1, 0.15) is 17.5 Å². The molecule has 1 saturated carbocycles. The number of ether oxygens (including phenoxy) is 4. The van der Waals surface area contributed by atoms with Gasteiger partial charge >= 0.3 is 6.09 Å². The van der Waals surface area contributed by atoms with Gasteiger partial charge in [0, 0.05) is 55.6 Å². The molecule has 4 heterocycles. The average Bonchev–Trinajstić information content (AvgIpc) is 3.24. The van der Waals surface area contributed by atoms with Crippen LogP contribution in [0.5, 0.6) is 5.75 Å². The maximum Gasteiger partial charge on any atom is 0.410 e. The lowest BCUT2D eigenvalue weighted by Crippen LogP contribution is -2.57. The molecule has 0 aromatic heterocycles. The topological polar surface area (TPSA) is 127 Å². The van der Waals surface area contributed by atoms with E-state index in [1.165, 1.54) is 31.0 Å². The second kappa shape index (κ2) is 14.4. The molecule has 4 atom stereocenters. The van der Waals surface area contributed by atoms with Crippen molar-refractivity contribution in [2.75, 3.05) is 70.6 Å². The Hall–Kier alpha value is -3.36. The van der Waals surface area contributed by atoms with E-state index in [4.69, 9.17) is 30.5 Å². The zero-order valence-corrected chi connectivity index (χ0v) is 32.0. The van der Waals surface area contributed by atoms with Crippen LogP contribution in [0.3, 0.4) is 0 Å². The molecule has 8 rings (SSSR count). The predicted molar refractivity (Wildman–Crippen MR) is 199 cm³/mol. The lowest BCUT2D eigenvalue weighted by Gasteiger charge is -2.46. The zero-order chi connectivity index (χ0) is 37.0. The first-order valence-electron chi connectivity index (χ1n) is 18.9. The van der Waals surface area contributed by atoms with Crippen LogP contribution < -0.4 is 14.4 Å². The van der Waals surface area contributed by atoms with E-state index in [0.717, 1.165) is 58.4 Å². The molecule has 1 N–H and O–H groups in total. The number of fused-ring (bicyclic) bond motifs is 4. The van der Waals surface area contributed by atoms with Gasteiger partial charge in [0.05, 0.1) is 43.1 Å². The number of hydrogen-bond acceptors (Lipinski definition) is 10. The molecule has 3 fully saturated rings. The molecule has 2 aliphatic carbocycles. The molecule has 6 aliphatic rings. The minimum atomic E-state index is -4.25. The number of piperazine rings is 1.